The maximum Gasteiger partial charge on any atom is 0.131 e. The molecule has 0 amide bonds. The molecule has 3 nitrogen and oxygen atoms in total. The molecule has 86 valence electrons. The Hall–Kier alpha value is -0.960. The summed E-state index contributed by atoms with van der Waals surface area (Å²) in [6.07, 6.45) is 7.27. The van der Waals surface area contributed by atoms with Crippen LogP contribution in [0.25, 0.3) is 0 Å². The number of nitrogens with one attached hydrogen (secondary N) is 1. The normalized spacial score (nSPS) is 28.3. The second kappa shape index (κ2) is 4.13. The summed E-state index contributed by atoms with van der Waals surface area (Å²) in [4.78, 5) is 9.28. The van der Waals surface area contributed by atoms with Crippen LogP contribution in [0.4, 0.5) is 0 Å². The van der Waals surface area contributed by atoms with Gasteiger partial charge in [-0.15, -0.1) is 0 Å². The molecule has 1 aliphatic carbocycles. The van der Waals surface area contributed by atoms with Crippen molar-refractivity contribution in [2.24, 2.45) is 5.92 Å². The van der Waals surface area contributed by atoms with Crippen molar-refractivity contribution in [1.82, 2.24) is 15.3 Å². The molecule has 0 radical (unpaired) electrons. The van der Waals surface area contributed by atoms with Crippen molar-refractivity contribution >= 4 is 0 Å². The Morgan fingerprint density at radius 1 is 1.38 bits per heavy atom. The van der Waals surface area contributed by atoms with Crippen molar-refractivity contribution in [1.29, 1.82) is 0 Å². The van der Waals surface area contributed by atoms with Gasteiger partial charge in [0.15, 0.2) is 0 Å². The van der Waals surface area contributed by atoms with Crippen molar-refractivity contribution in [2.45, 2.75) is 51.6 Å². The zero-order chi connectivity index (χ0) is 11.0. The molecule has 0 spiro atoms. The minimum atomic E-state index is 0.621. The van der Waals surface area contributed by atoms with E-state index in [1.807, 2.05) is 6.20 Å². The highest BCUT2D eigenvalue weighted by Gasteiger charge is 2.27. The van der Waals surface area contributed by atoms with Crippen LogP contribution in [0.15, 0.2) is 6.20 Å². The summed E-state index contributed by atoms with van der Waals surface area (Å²) < 4.78 is 0. The Labute approximate surface area is 96.7 Å². The average molecular weight is 217 g/mol. The van der Waals surface area contributed by atoms with Gasteiger partial charge in [-0.25, -0.2) is 9.97 Å². The molecule has 0 saturated heterocycles. The van der Waals surface area contributed by atoms with Gasteiger partial charge in [0.2, 0.25) is 0 Å². The van der Waals surface area contributed by atoms with Gasteiger partial charge in [-0.2, -0.15) is 0 Å². The summed E-state index contributed by atoms with van der Waals surface area (Å²) in [6.45, 7) is 4.16. The van der Waals surface area contributed by atoms with Crippen molar-refractivity contribution in [3.63, 3.8) is 0 Å². The molecular weight excluding hydrogens is 198 g/mol. The fourth-order valence-electron chi connectivity index (χ4n) is 2.95. The van der Waals surface area contributed by atoms with Gasteiger partial charge in [0, 0.05) is 30.8 Å². The predicted molar refractivity (Wildman–Crippen MR) is 62.9 cm³/mol. The van der Waals surface area contributed by atoms with Gasteiger partial charge >= 0.3 is 0 Å². The van der Waals surface area contributed by atoms with Gasteiger partial charge in [-0.3, -0.25) is 0 Å². The highest BCUT2D eigenvalue weighted by atomic mass is 15.0. The molecular formula is C13H19N3. The van der Waals surface area contributed by atoms with Crippen LogP contribution in [0.1, 0.15) is 55.6 Å². The fourth-order valence-corrected chi connectivity index (χ4v) is 2.95. The van der Waals surface area contributed by atoms with E-state index in [4.69, 9.17) is 4.98 Å². The van der Waals surface area contributed by atoms with Crippen LogP contribution in [0, 0.1) is 5.92 Å². The molecule has 0 bridgehead atoms. The molecule has 16 heavy (non-hydrogen) atoms. The Bertz CT molecular complexity index is 389. The molecule has 1 N–H and O–H groups in total. The van der Waals surface area contributed by atoms with Crippen molar-refractivity contribution < 1.29 is 0 Å². The zero-order valence-corrected chi connectivity index (χ0v) is 9.87. The monoisotopic (exact) mass is 217 g/mol. The Morgan fingerprint density at radius 2 is 2.31 bits per heavy atom. The topological polar surface area (TPSA) is 37.8 Å². The lowest BCUT2D eigenvalue weighted by atomic mass is 10.0. The highest BCUT2D eigenvalue weighted by Crippen LogP contribution is 2.38. The first-order valence-corrected chi connectivity index (χ1v) is 6.42. The summed E-state index contributed by atoms with van der Waals surface area (Å²) in [7, 11) is 0. The smallest absolute Gasteiger partial charge is 0.131 e. The van der Waals surface area contributed by atoms with Gasteiger partial charge < -0.3 is 5.32 Å². The number of nitrogens with zero attached hydrogens (tertiary/aromatic N) is 2. The lowest BCUT2D eigenvalue weighted by Gasteiger charge is -2.09. The minimum Gasteiger partial charge on any atom is -0.307 e. The van der Waals surface area contributed by atoms with Crippen LogP contribution in [-0.4, -0.2) is 9.97 Å². The summed E-state index contributed by atoms with van der Waals surface area (Å²) in [6, 6.07) is 0. The fraction of sp³-hybridized carbons (Fsp3) is 0.692. The largest absolute Gasteiger partial charge is 0.307 e. The third-order valence-corrected chi connectivity index (χ3v) is 4.06. The van der Waals surface area contributed by atoms with Crippen LogP contribution < -0.4 is 5.32 Å². The van der Waals surface area contributed by atoms with Crippen LogP contribution in [0.3, 0.4) is 0 Å². The summed E-state index contributed by atoms with van der Waals surface area (Å²) in [5.74, 6) is 2.62. The molecule has 0 aromatic carbocycles. The van der Waals surface area contributed by atoms with Gasteiger partial charge in [-0.1, -0.05) is 13.3 Å². The second-order valence-corrected chi connectivity index (χ2v) is 5.09. The molecule has 1 aliphatic heterocycles. The maximum absolute atomic E-state index is 4.73. The summed E-state index contributed by atoms with van der Waals surface area (Å²) in [5, 5.41) is 3.32. The summed E-state index contributed by atoms with van der Waals surface area (Å²) in [5.41, 5.74) is 2.51. The molecule has 1 fully saturated rings. The van der Waals surface area contributed by atoms with E-state index in [0.29, 0.717) is 5.92 Å². The van der Waals surface area contributed by atoms with E-state index in [0.717, 1.165) is 24.8 Å². The first-order valence-electron chi connectivity index (χ1n) is 6.42. The van der Waals surface area contributed by atoms with Gasteiger partial charge in [0.1, 0.15) is 5.82 Å². The molecule has 1 saturated carbocycles. The van der Waals surface area contributed by atoms with E-state index >= 15 is 0 Å². The molecule has 2 heterocycles. The SMILES string of the molecule is CCC1CCC(c2ncc3c(n2)CNC3)C1. The second-order valence-electron chi connectivity index (χ2n) is 5.09. The Morgan fingerprint density at radius 3 is 3.12 bits per heavy atom. The molecule has 2 unspecified atom stereocenters. The number of fused-ring (bicyclic) bond motifs is 1. The van der Waals surface area contributed by atoms with E-state index in [1.165, 1.54) is 36.9 Å². The van der Waals surface area contributed by atoms with Crippen LogP contribution in [0.2, 0.25) is 0 Å². The molecule has 3 rings (SSSR count). The molecule has 3 heteroatoms. The van der Waals surface area contributed by atoms with Gasteiger partial charge in [-0.05, 0) is 25.2 Å². The number of hydrogen-bond donors (Lipinski definition) is 1. The zero-order valence-electron chi connectivity index (χ0n) is 9.87. The van der Waals surface area contributed by atoms with Crippen molar-refractivity contribution in [3.05, 3.63) is 23.3 Å². The third-order valence-electron chi connectivity index (χ3n) is 4.06. The third kappa shape index (κ3) is 1.73. The lowest BCUT2D eigenvalue weighted by molar-refractivity contribution is 0.516. The van der Waals surface area contributed by atoms with E-state index in [2.05, 4.69) is 17.2 Å². The minimum absolute atomic E-state index is 0.621. The van der Waals surface area contributed by atoms with Crippen molar-refractivity contribution in [3.8, 4) is 0 Å². The first kappa shape index (κ1) is 10.2. The van der Waals surface area contributed by atoms with E-state index in [9.17, 15) is 0 Å². The molecule has 1 aromatic rings. The van der Waals surface area contributed by atoms with E-state index in [-0.39, 0.29) is 0 Å². The Kier molecular flexibility index (Phi) is 2.64. The maximum atomic E-state index is 4.73. The quantitative estimate of drug-likeness (QED) is 0.826. The molecule has 2 atom stereocenters. The standard InChI is InChI=1S/C13H19N3/c1-2-9-3-4-10(5-9)13-15-7-11-6-14-8-12(11)16-13/h7,9-10,14H,2-6,8H2,1H3. The van der Waals surface area contributed by atoms with Gasteiger partial charge in [0.05, 0.1) is 5.69 Å². The average Bonchev–Trinajstić information content (AvgIpc) is 2.96. The van der Waals surface area contributed by atoms with E-state index in [1.54, 1.807) is 0 Å². The van der Waals surface area contributed by atoms with Gasteiger partial charge in [0.25, 0.3) is 0 Å². The van der Waals surface area contributed by atoms with E-state index < -0.39 is 0 Å². The summed E-state index contributed by atoms with van der Waals surface area (Å²) >= 11 is 0. The van der Waals surface area contributed by atoms with Crippen molar-refractivity contribution in [2.75, 3.05) is 0 Å². The molecule has 1 aromatic heterocycles. The number of rotatable bonds is 2. The molecule has 2 aliphatic rings. The number of aromatic nitrogens is 2. The number of hydrogen-bond acceptors (Lipinski definition) is 3. The van der Waals surface area contributed by atoms with Crippen LogP contribution >= 0.6 is 0 Å². The first-order chi connectivity index (χ1) is 7.86. The predicted octanol–water partition coefficient (Wildman–Crippen LogP) is 2.37. The highest BCUT2D eigenvalue weighted by molar-refractivity contribution is 5.22. The van der Waals surface area contributed by atoms with Crippen LogP contribution in [-0.2, 0) is 13.1 Å². The van der Waals surface area contributed by atoms with Crippen LogP contribution in [0.5, 0.6) is 0 Å². The Balaban J connectivity index is 1.80. The lowest BCUT2D eigenvalue weighted by Crippen LogP contribution is -2.04.